The van der Waals surface area contributed by atoms with Crippen LogP contribution in [0.15, 0.2) is 0 Å². The average molecular weight is 1430 g/mol. The van der Waals surface area contributed by atoms with Crippen LogP contribution >= 0.6 is 0 Å². The van der Waals surface area contributed by atoms with Crippen molar-refractivity contribution >= 4 is 41.8 Å². The van der Waals surface area contributed by atoms with E-state index < -0.39 is 303 Å². The molecule has 21 rings (SSSR count). The fourth-order valence-corrected chi connectivity index (χ4v) is 12.6. The summed E-state index contributed by atoms with van der Waals surface area (Å²) in [7, 11) is 0. The average Bonchev–Trinajstić information content (AvgIpc) is 0.771. The minimum absolute atomic E-state index is 0.864. The first-order chi connectivity index (χ1) is 46.4. The van der Waals surface area contributed by atoms with Gasteiger partial charge in [0.15, 0.2) is 86.8 Å². The van der Waals surface area contributed by atoms with Crippen molar-refractivity contribution in [3.8, 4) is 0 Å². The molecule has 0 aromatic carbocycles. The Balaban J connectivity index is 1.23. The summed E-state index contributed by atoms with van der Waals surface area (Å²) in [5.74, 6) is -8.08. The van der Waals surface area contributed by atoms with Gasteiger partial charge in [-0.3, -0.25) is 33.6 Å². The van der Waals surface area contributed by atoms with Crippen molar-refractivity contribution in [3.63, 3.8) is 0 Å². The summed E-state index contributed by atoms with van der Waals surface area (Å²) in [4.78, 5) is 90.0. The second kappa shape index (κ2) is 34.4. The summed E-state index contributed by atoms with van der Waals surface area (Å²) >= 11 is 0. The van der Waals surface area contributed by atoms with Crippen molar-refractivity contribution in [3.05, 3.63) is 0 Å². The Morgan fingerprint density at radius 2 is 0.316 bits per heavy atom. The molecular weight excluding hydrogens is 1340 g/mol. The maximum atomic E-state index is 12.9. The van der Waals surface area contributed by atoms with Crippen molar-refractivity contribution in [1.29, 1.82) is 0 Å². The maximum absolute atomic E-state index is 12.9. The first-order valence-electron chi connectivity index (χ1n) is 30.8. The highest BCUT2D eigenvalue weighted by atomic mass is 16.8. The predicted octanol–water partition coefficient (Wildman–Crippen LogP) is -11.2. The molecule has 21 aliphatic heterocycles. The molecule has 35 atom stereocenters. The lowest BCUT2D eigenvalue weighted by Gasteiger charge is -2.51. The first-order valence-corrected chi connectivity index (χ1v) is 30.8. The van der Waals surface area contributed by atoms with Crippen molar-refractivity contribution < 1.29 is 205 Å². The summed E-state index contributed by atoms with van der Waals surface area (Å²) in [6, 6.07) is 0. The summed E-state index contributed by atoms with van der Waals surface area (Å²) < 4.78 is 122. The zero-order valence-electron chi connectivity index (χ0n) is 53.3. The van der Waals surface area contributed by atoms with Crippen LogP contribution in [-0.4, -0.2) is 374 Å². The highest BCUT2D eigenvalue weighted by molar-refractivity contribution is 5.68. The quantitative estimate of drug-likeness (QED) is 0.0567. The second-order valence-corrected chi connectivity index (χ2v) is 23.7. The van der Waals surface area contributed by atoms with Crippen molar-refractivity contribution in [2.24, 2.45) is 0 Å². The minimum atomic E-state index is -2.32. The van der Waals surface area contributed by atoms with Gasteiger partial charge in [0.25, 0.3) is 0 Å². The second-order valence-electron chi connectivity index (χ2n) is 23.7. The molecule has 0 aliphatic carbocycles. The van der Waals surface area contributed by atoms with E-state index in [1.165, 1.54) is 0 Å². The largest absolute Gasteiger partial charge is 0.457 e. The molecule has 21 fully saturated rings. The van der Waals surface area contributed by atoms with Gasteiger partial charge < -0.3 is 171 Å². The zero-order chi connectivity index (χ0) is 72.0. The number of carbonyl (C=O) groups is 7. The summed E-state index contributed by atoms with van der Waals surface area (Å²) in [6.45, 7) is -2.08. The van der Waals surface area contributed by atoms with E-state index in [1.54, 1.807) is 0 Å². The van der Waals surface area contributed by atoms with Gasteiger partial charge in [-0.2, -0.15) is 0 Å². The van der Waals surface area contributed by atoms with Crippen LogP contribution in [0.3, 0.4) is 0 Å². The number of aliphatic hydroxyl groups excluding tert-OH is 14. The molecule has 0 radical (unpaired) electrons. The molecule has 0 aromatic heterocycles. The van der Waals surface area contributed by atoms with E-state index in [9.17, 15) is 105 Å². The highest BCUT2D eigenvalue weighted by Gasteiger charge is 2.62. The minimum Gasteiger partial charge on any atom is -0.457 e. The lowest BCUT2D eigenvalue weighted by atomic mass is 9.94. The Hall–Kier alpha value is -4.83. The van der Waals surface area contributed by atoms with Gasteiger partial charge in [-0.15, -0.1) is 0 Å². The number of rotatable bonds is 14. The molecule has 0 unspecified atom stereocenters. The van der Waals surface area contributed by atoms with Gasteiger partial charge in [0.1, 0.15) is 128 Å². The van der Waals surface area contributed by atoms with Crippen LogP contribution in [0.5, 0.6) is 0 Å². The number of hydrogen-bond acceptors (Lipinski definition) is 42. The van der Waals surface area contributed by atoms with E-state index in [0.717, 1.165) is 48.5 Å². The van der Waals surface area contributed by atoms with Crippen LogP contribution in [0.1, 0.15) is 48.5 Å². The molecule has 98 heavy (non-hydrogen) atoms. The van der Waals surface area contributed by atoms with Crippen molar-refractivity contribution in [2.75, 3.05) is 46.2 Å². The fourth-order valence-electron chi connectivity index (χ4n) is 12.6. The maximum Gasteiger partial charge on any atom is 0.303 e. The Morgan fingerprint density at radius 3 is 0.398 bits per heavy atom. The van der Waals surface area contributed by atoms with E-state index >= 15 is 0 Å². The normalized spacial score (nSPS) is 45.5. The molecule has 0 amide bonds. The van der Waals surface area contributed by atoms with Gasteiger partial charge in [-0.25, -0.2) is 0 Å². The monoisotopic (exact) mass is 1430 g/mol. The molecule has 560 valence electrons. The van der Waals surface area contributed by atoms with E-state index in [0.29, 0.717) is 0 Å². The molecule has 14 N–H and O–H groups in total. The van der Waals surface area contributed by atoms with E-state index in [2.05, 4.69) is 0 Å². The Kier molecular flexibility index (Phi) is 27.7. The third-order valence-corrected chi connectivity index (χ3v) is 16.7. The van der Waals surface area contributed by atoms with E-state index in [-0.39, 0.29) is 0 Å². The molecule has 14 bridgehead atoms. The zero-order valence-corrected chi connectivity index (χ0v) is 53.3. The molecule has 42 heteroatoms. The molecule has 21 aliphatic rings. The summed E-state index contributed by atoms with van der Waals surface area (Å²) in [5.41, 5.74) is 0. The predicted molar refractivity (Wildman–Crippen MR) is 295 cm³/mol. The summed E-state index contributed by atoms with van der Waals surface area (Å²) in [6.07, 6.45) is -73.5. The number of ether oxygens (including phenoxy) is 21. The van der Waals surface area contributed by atoms with Gasteiger partial charge in [-0.05, 0) is 0 Å². The SMILES string of the molecule is CC(=O)O[C@@H]1[C@@H](O)[C@H]2O[C@H]3[C@H](OC(C)=O)[C@@H](O)[C@@H](O[C@H]4[C@H](OC(C)=O)[C@@H](O)[C@@H](O[C@H]5[C@H](OC(C)=O)[C@@H](O)[C@@H](O[C@H]6[C@H](OC(C)=O)[C@@H](O)[C@@H](O[C@H]7[C@H](OC(C)=O)[C@@H](O)[C@@H](O[C@H]8[C@H](OC(C)=O)[C@@H](O)[C@@H](O[C@@H]1[C@@H](CO)O2)O[C@@H]8CO)O[C@@H]7CO)O[C@@H]6CO)O[C@@H]5CO)O[C@@H]4CO)O[C@@H]3CO. The topological polar surface area (TPSA) is 597 Å². The number of esters is 7. The van der Waals surface area contributed by atoms with Crippen LogP contribution in [0.2, 0.25) is 0 Å². The molecule has 0 spiro atoms. The van der Waals surface area contributed by atoms with E-state index in [4.69, 9.17) is 99.5 Å². The molecule has 21 saturated heterocycles. The van der Waals surface area contributed by atoms with Crippen LogP contribution < -0.4 is 0 Å². The summed E-state index contributed by atoms with van der Waals surface area (Å²) in [5, 5.41) is 161. The number of carbonyl (C=O) groups excluding carboxylic acids is 7. The Labute approximate surface area is 554 Å². The van der Waals surface area contributed by atoms with E-state index in [1.807, 2.05) is 0 Å². The molecule has 21 heterocycles. The van der Waals surface area contributed by atoms with Crippen LogP contribution in [0.25, 0.3) is 0 Å². The number of aliphatic hydroxyl groups is 14. The molecule has 0 aromatic rings. The molecular formula is C56H84O42. The third-order valence-electron chi connectivity index (χ3n) is 16.7. The van der Waals surface area contributed by atoms with Crippen molar-refractivity contribution in [2.45, 2.75) is 263 Å². The van der Waals surface area contributed by atoms with Gasteiger partial charge in [-0.1, -0.05) is 0 Å². The van der Waals surface area contributed by atoms with Gasteiger partial charge >= 0.3 is 41.8 Å². The van der Waals surface area contributed by atoms with Crippen molar-refractivity contribution in [1.82, 2.24) is 0 Å². The molecule has 0 saturated carbocycles. The van der Waals surface area contributed by atoms with Gasteiger partial charge in [0.05, 0.1) is 46.2 Å². The lowest BCUT2D eigenvalue weighted by molar-refractivity contribution is -0.396. The molecule has 42 nitrogen and oxygen atoms in total. The standard InChI is InChI=1S/C56H84O42/c1-15(64)78-43-29(71)50-85-22(8-57)36(43)92-51-30(72)44(79-16(2)65)38(24(10-59)86-51)94-53-32(74)46(81-18(4)67)40(26(12-61)88-53)96-55-34(76)48(83-20(6)69)42(28(14-63)90-55)98-56-35(77)49(84-21(7)70)41(27(13-62)91-56)97-54-33(75)47(82-19(5)68)39(25(11-60)89-54)95-52-31(73)45(80-17(3)66)37(93-50)23(9-58)87-52/h22-63,71-77H,8-14H2,1-7H3/t22-,23-,24-,25-,26-,27-,28-,29-,30-,31-,32-,33-,34-,35-,36-,37-,38-,39-,40-,41-,42-,43-,44-,45-,46-,47-,48-,49-,50-,51-,52-,53-,54-,55-,56-/m1/s1. The Morgan fingerprint density at radius 1 is 0.214 bits per heavy atom. The van der Waals surface area contributed by atoms with Crippen LogP contribution in [0, 0.1) is 0 Å². The lowest BCUT2D eigenvalue weighted by Crippen LogP contribution is -2.69. The Bertz CT molecular complexity index is 2190. The fraction of sp³-hybridized carbons (Fsp3) is 0.875. The number of hydrogen-bond donors (Lipinski definition) is 14. The van der Waals surface area contributed by atoms with Crippen LogP contribution in [0.4, 0.5) is 0 Å². The highest BCUT2D eigenvalue weighted by Crippen LogP contribution is 2.41. The third kappa shape index (κ3) is 17.6. The van der Waals surface area contributed by atoms with Crippen LogP contribution in [-0.2, 0) is 133 Å². The first kappa shape index (κ1) is 78.9. The van der Waals surface area contributed by atoms with Gasteiger partial charge in [0, 0.05) is 48.5 Å². The van der Waals surface area contributed by atoms with Gasteiger partial charge in [0.2, 0.25) is 0 Å². The smallest absolute Gasteiger partial charge is 0.303 e.